The second-order valence-electron chi connectivity index (χ2n) is 3.55. The molecule has 0 aromatic carbocycles. The maximum absolute atomic E-state index is 11.7. The lowest BCUT2D eigenvalue weighted by Gasteiger charge is -2.59. The van der Waals surface area contributed by atoms with Crippen LogP contribution in [0.2, 0.25) is 0 Å². The van der Waals surface area contributed by atoms with Crippen LogP contribution >= 0.6 is 0 Å². The Morgan fingerprint density at radius 1 is 1.17 bits per heavy atom. The summed E-state index contributed by atoms with van der Waals surface area (Å²) in [5.41, 5.74) is 0.0995. The number of piperazine rings is 3. The van der Waals surface area contributed by atoms with Crippen molar-refractivity contribution in [2.24, 2.45) is 0 Å². The van der Waals surface area contributed by atoms with Crippen LogP contribution in [0.5, 0.6) is 0 Å². The quantitative estimate of drug-likeness (QED) is 0.276. The van der Waals surface area contributed by atoms with Gasteiger partial charge in [-0.1, -0.05) is 0 Å². The molecule has 0 radical (unpaired) electrons. The van der Waals surface area contributed by atoms with Gasteiger partial charge in [-0.2, -0.15) is 0 Å². The van der Waals surface area contributed by atoms with Gasteiger partial charge in [0, 0.05) is 0 Å². The molecule has 3 rings (SSSR count). The zero-order chi connectivity index (χ0) is 8.82. The van der Waals surface area contributed by atoms with Crippen LogP contribution in [0.1, 0.15) is 0 Å². The number of hydrogen-bond acceptors (Lipinski definition) is 3. The molecule has 3 aliphatic rings. The number of hydroxylamine groups is 6. The molecule has 0 spiro atoms. The largest absolute Gasteiger partial charge is 0.632 e. The van der Waals surface area contributed by atoms with E-state index >= 15 is 0 Å². The fraction of sp³-hybridized carbons (Fsp3) is 0.714. The Hall–Kier alpha value is -0.710. The van der Waals surface area contributed by atoms with E-state index in [1.54, 1.807) is 5.94 Å². The normalized spacial score (nSPS) is 46.0. The van der Waals surface area contributed by atoms with E-state index in [1.165, 1.54) is 0 Å². The first kappa shape index (κ1) is 7.91. The topological polar surface area (TPSA) is 63.2 Å². The van der Waals surface area contributed by atoms with Crippen LogP contribution in [-0.4, -0.2) is 48.0 Å². The molecule has 2 bridgehead atoms. The van der Waals surface area contributed by atoms with Crippen molar-refractivity contribution >= 4 is 5.94 Å². The second-order valence-corrected chi connectivity index (χ2v) is 3.55. The molecule has 0 aliphatic carbocycles. The van der Waals surface area contributed by atoms with Crippen molar-refractivity contribution in [2.45, 2.75) is 0 Å². The molecule has 12 heavy (non-hydrogen) atoms. The Morgan fingerprint density at radius 2 is 1.75 bits per heavy atom. The van der Waals surface area contributed by atoms with Crippen molar-refractivity contribution in [3.63, 3.8) is 0 Å². The van der Waals surface area contributed by atoms with Gasteiger partial charge in [0.15, 0.2) is 12.5 Å². The molecule has 3 fully saturated rings. The first-order chi connectivity index (χ1) is 5.58. The van der Waals surface area contributed by atoms with Gasteiger partial charge < -0.3 is 19.7 Å². The van der Waals surface area contributed by atoms with E-state index in [2.05, 4.69) is 0 Å². The lowest BCUT2D eigenvalue weighted by molar-refractivity contribution is -1.01. The van der Waals surface area contributed by atoms with Gasteiger partial charge in [0.1, 0.15) is 26.2 Å². The minimum Gasteiger partial charge on any atom is -0.632 e. The first-order valence-electron chi connectivity index (χ1n) is 3.98. The van der Waals surface area contributed by atoms with Crippen LogP contribution in [-0.2, 0) is 4.79 Å². The van der Waals surface area contributed by atoms with Crippen LogP contribution in [0.4, 0.5) is 0 Å². The van der Waals surface area contributed by atoms with Crippen molar-refractivity contribution in [2.75, 3.05) is 32.7 Å². The first-order valence-corrected chi connectivity index (χ1v) is 3.98. The zero-order valence-corrected chi connectivity index (χ0v) is 6.65. The highest BCUT2D eigenvalue weighted by Gasteiger charge is 2.45. The van der Waals surface area contributed by atoms with Crippen molar-refractivity contribution in [3.8, 4) is 0 Å². The van der Waals surface area contributed by atoms with Crippen LogP contribution < -0.4 is 0 Å². The van der Waals surface area contributed by atoms with Crippen molar-refractivity contribution < 1.29 is 14.1 Å². The number of quaternary nitrogens is 2. The lowest BCUT2D eigenvalue weighted by atomic mass is 10.1. The summed E-state index contributed by atoms with van der Waals surface area (Å²) in [5, 5.41) is 23.4. The Kier molecular flexibility index (Phi) is 1.42. The maximum atomic E-state index is 11.7. The molecule has 0 N–H and O–H groups in total. The summed E-state index contributed by atoms with van der Waals surface area (Å²) in [6.45, 7) is 1.22. The van der Waals surface area contributed by atoms with Gasteiger partial charge in [-0.05, 0) is 0 Å². The van der Waals surface area contributed by atoms with Crippen LogP contribution in [0.25, 0.3) is 0 Å². The maximum Gasteiger partial charge on any atom is 0.249 e. The van der Waals surface area contributed by atoms with Crippen LogP contribution in [0, 0.1) is 10.4 Å². The summed E-state index contributed by atoms with van der Waals surface area (Å²) in [4.78, 5) is 10.4. The van der Waals surface area contributed by atoms with Gasteiger partial charge in [0.25, 0.3) is 0 Å². The average Bonchev–Trinajstić information content (AvgIpc) is 2.07. The fourth-order valence-electron chi connectivity index (χ4n) is 1.86. The third-order valence-corrected chi connectivity index (χ3v) is 2.79. The van der Waals surface area contributed by atoms with Gasteiger partial charge in [-0.25, -0.2) is 4.79 Å². The summed E-state index contributed by atoms with van der Waals surface area (Å²) in [5.74, 6) is 1.61. The standard InChI is InChI=1S/C7H10N2O3/c10-6-7-5-8(11)1-3-9(7,12)4-2-8/h1-5H2. The van der Waals surface area contributed by atoms with Gasteiger partial charge in [0.05, 0.1) is 0 Å². The van der Waals surface area contributed by atoms with E-state index in [0.29, 0.717) is 13.1 Å². The third kappa shape index (κ3) is 0.924. The summed E-state index contributed by atoms with van der Waals surface area (Å²) in [7, 11) is 0. The highest BCUT2D eigenvalue weighted by atomic mass is 16.6. The predicted molar refractivity (Wildman–Crippen MR) is 40.8 cm³/mol. The Labute approximate surface area is 69.8 Å². The number of nitrogens with zero attached hydrogens (tertiary/aromatic N) is 2. The van der Waals surface area contributed by atoms with Gasteiger partial charge >= 0.3 is 0 Å². The van der Waals surface area contributed by atoms with Gasteiger partial charge in [0.2, 0.25) is 5.70 Å². The second kappa shape index (κ2) is 2.16. The molecule has 0 unspecified atom stereocenters. The summed E-state index contributed by atoms with van der Waals surface area (Å²) < 4.78 is -0.988. The molecular weight excluding hydrogens is 160 g/mol. The van der Waals surface area contributed by atoms with Crippen molar-refractivity contribution in [3.05, 3.63) is 16.1 Å². The molecule has 0 amide bonds. The minimum atomic E-state index is -0.592. The van der Waals surface area contributed by atoms with Crippen molar-refractivity contribution in [1.29, 1.82) is 0 Å². The van der Waals surface area contributed by atoms with E-state index < -0.39 is 9.29 Å². The molecule has 0 aromatic heterocycles. The zero-order valence-electron chi connectivity index (χ0n) is 6.65. The molecule has 3 heterocycles. The molecule has 66 valence electrons. The smallest absolute Gasteiger partial charge is 0.249 e. The van der Waals surface area contributed by atoms with E-state index in [1.807, 2.05) is 0 Å². The van der Waals surface area contributed by atoms with Crippen LogP contribution in [0.3, 0.4) is 0 Å². The summed E-state index contributed by atoms with van der Waals surface area (Å²) in [6, 6.07) is 0. The third-order valence-electron chi connectivity index (χ3n) is 2.79. The highest BCUT2D eigenvalue weighted by Crippen LogP contribution is 2.30. The molecule has 5 nitrogen and oxygen atoms in total. The molecule has 0 saturated carbocycles. The predicted octanol–water partition coefficient (Wildman–Crippen LogP) is -0.642. The van der Waals surface area contributed by atoms with Gasteiger partial charge in [-0.3, -0.25) is 0 Å². The van der Waals surface area contributed by atoms with E-state index in [9.17, 15) is 15.2 Å². The molecule has 5 heteroatoms. The summed E-state index contributed by atoms with van der Waals surface area (Å²) >= 11 is 0. The Bertz CT molecular complexity index is 262. The molecule has 0 aromatic rings. The molecular formula is C7H10N2O3. The Balaban J connectivity index is 2.38. The van der Waals surface area contributed by atoms with E-state index in [0.717, 1.165) is 0 Å². The number of carbonyl (C=O) groups excluding carboxylic acids is 1. The van der Waals surface area contributed by atoms with Crippen molar-refractivity contribution in [1.82, 2.24) is 0 Å². The summed E-state index contributed by atoms with van der Waals surface area (Å²) in [6.07, 6.45) is 0. The fourth-order valence-corrected chi connectivity index (χ4v) is 1.86. The Morgan fingerprint density at radius 3 is 2.17 bits per heavy atom. The monoisotopic (exact) mass is 170 g/mol. The number of rotatable bonds is 0. The van der Waals surface area contributed by atoms with E-state index in [4.69, 9.17) is 0 Å². The average molecular weight is 170 g/mol. The van der Waals surface area contributed by atoms with Crippen LogP contribution in [0.15, 0.2) is 5.70 Å². The van der Waals surface area contributed by atoms with Gasteiger partial charge in [-0.15, -0.1) is 0 Å². The number of hydrogen-bond donors (Lipinski definition) is 0. The SMILES string of the molecule is O=C=C1C[N+]2([O-])CC[N+]1([O-])CC2. The molecule has 0 atom stereocenters. The number of fused-ring (bicyclic) bond motifs is 3. The highest BCUT2D eigenvalue weighted by molar-refractivity contribution is 5.50. The van der Waals surface area contributed by atoms with E-state index in [-0.39, 0.29) is 25.3 Å². The minimum absolute atomic E-state index is 0.0486. The molecule has 3 saturated heterocycles. The lowest BCUT2D eigenvalue weighted by Crippen LogP contribution is -2.69. The molecule has 3 aliphatic heterocycles.